The molecule has 1 fully saturated rings. The van der Waals surface area contributed by atoms with E-state index in [2.05, 4.69) is 10.3 Å². The minimum absolute atomic E-state index is 0.111. The lowest BCUT2D eigenvalue weighted by atomic mass is 10.3. The van der Waals surface area contributed by atoms with Crippen LogP contribution in [0.4, 0.5) is 5.69 Å². The van der Waals surface area contributed by atoms with Crippen LogP contribution >= 0.6 is 0 Å². The summed E-state index contributed by atoms with van der Waals surface area (Å²) in [6.07, 6.45) is 3.09. The van der Waals surface area contributed by atoms with E-state index in [0.717, 1.165) is 12.8 Å². The van der Waals surface area contributed by atoms with E-state index < -0.39 is 15.9 Å². The second kappa shape index (κ2) is 6.66. The van der Waals surface area contributed by atoms with Crippen LogP contribution in [-0.4, -0.2) is 43.8 Å². The molecule has 7 nitrogen and oxygen atoms in total. The molecule has 0 atom stereocenters. The Morgan fingerprint density at radius 1 is 1.25 bits per heavy atom. The van der Waals surface area contributed by atoms with Crippen molar-refractivity contribution in [3.63, 3.8) is 0 Å². The second-order valence-electron chi connectivity index (χ2n) is 5.55. The quantitative estimate of drug-likeness (QED) is 0.864. The van der Waals surface area contributed by atoms with Crippen molar-refractivity contribution in [1.29, 1.82) is 0 Å². The molecule has 0 saturated carbocycles. The zero-order valence-corrected chi connectivity index (χ0v) is 14.1. The van der Waals surface area contributed by atoms with E-state index in [4.69, 9.17) is 4.74 Å². The Bertz CT molecular complexity index is 839. The van der Waals surface area contributed by atoms with Gasteiger partial charge in [0.05, 0.1) is 7.11 Å². The van der Waals surface area contributed by atoms with Crippen molar-refractivity contribution >= 4 is 21.6 Å². The minimum atomic E-state index is -3.53. The number of methoxy groups -OCH3 is 1. The third kappa shape index (κ3) is 3.29. The van der Waals surface area contributed by atoms with Gasteiger partial charge in [-0.3, -0.25) is 4.79 Å². The molecule has 8 heteroatoms. The van der Waals surface area contributed by atoms with Crippen LogP contribution in [0.2, 0.25) is 0 Å². The maximum atomic E-state index is 12.5. The Hall–Kier alpha value is -2.32. The van der Waals surface area contributed by atoms with E-state index in [-0.39, 0.29) is 10.6 Å². The van der Waals surface area contributed by atoms with Crippen LogP contribution in [0.15, 0.2) is 41.4 Å². The molecule has 3 rings (SSSR count). The number of benzene rings is 1. The SMILES string of the molecule is COc1cccc(NC(=O)c2cc(S(=O)(=O)N3CCCC3)c[nH]2)c1. The number of amides is 1. The summed E-state index contributed by atoms with van der Waals surface area (Å²) >= 11 is 0. The van der Waals surface area contributed by atoms with Crippen LogP contribution in [0.1, 0.15) is 23.3 Å². The number of aromatic nitrogens is 1. The normalized spacial score (nSPS) is 15.4. The average molecular weight is 349 g/mol. The number of H-pyrrole nitrogens is 1. The van der Waals surface area contributed by atoms with Crippen LogP contribution in [-0.2, 0) is 10.0 Å². The second-order valence-corrected chi connectivity index (χ2v) is 7.48. The zero-order valence-electron chi connectivity index (χ0n) is 13.3. The zero-order chi connectivity index (χ0) is 17.2. The summed E-state index contributed by atoms with van der Waals surface area (Å²) in [5.74, 6) is 0.211. The summed E-state index contributed by atoms with van der Waals surface area (Å²) in [5.41, 5.74) is 0.758. The van der Waals surface area contributed by atoms with E-state index in [1.54, 1.807) is 31.4 Å². The van der Waals surface area contributed by atoms with Crippen molar-refractivity contribution in [2.75, 3.05) is 25.5 Å². The molecule has 0 unspecified atom stereocenters. The molecule has 1 aliphatic heterocycles. The van der Waals surface area contributed by atoms with E-state index in [1.807, 2.05) is 0 Å². The Morgan fingerprint density at radius 2 is 2.00 bits per heavy atom. The fraction of sp³-hybridized carbons (Fsp3) is 0.312. The van der Waals surface area contributed by atoms with E-state index in [9.17, 15) is 13.2 Å². The van der Waals surface area contributed by atoms with Crippen molar-refractivity contribution in [2.24, 2.45) is 0 Å². The Balaban J connectivity index is 1.76. The number of nitrogens with one attached hydrogen (secondary N) is 2. The molecule has 1 aromatic heterocycles. The summed E-state index contributed by atoms with van der Waals surface area (Å²) in [7, 11) is -1.99. The van der Waals surface area contributed by atoms with Gasteiger partial charge in [-0.1, -0.05) is 6.07 Å². The monoisotopic (exact) mass is 349 g/mol. The largest absolute Gasteiger partial charge is 0.497 e. The molecule has 24 heavy (non-hydrogen) atoms. The van der Waals surface area contributed by atoms with Crippen molar-refractivity contribution in [3.05, 3.63) is 42.2 Å². The summed E-state index contributed by atoms with van der Waals surface area (Å²) in [6.45, 7) is 1.05. The third-order valence-corrected chi connectivity index (χ3v) is 5.81. The molecule has 2 N–H and O–H groups in total. The van der Waals surface area contributed by atoms with E-state index >= 15 is 0 Å². The molecular formula is C16H19N3O4S. The maximum absolute atomic E-state index is 12.5. The first-order chi connectivity index (χ1) is 11.5. The maximum Gasteiger partial charge on any atom is 0.272 e. The molecule has 2 aromatic rings. The Kier molecular flexibility index (Phi) is 4.59. The number of rotatable bonds is 5. The molecule has 0 bridgehead atoms. The molecule has 1 aliphatic rings. The van der Waals surface area contributed by atoms with Gasteiger partial charge in [0.25, 0.3) is 5.91 Å². The predicted molar refractivity (Wildman–Crippen MR) is 89.7 cm³/mol. The number of nitrogens with zero attached hydrogens (tertiary/aromatic N) is 1. The van der Waals surface area contributed by atoms with Crippen LogP contribution in [0.5, 0.6) is 5.75 Å². The summed E-state index contributed by atoms with van der Waals surface area (Å²) < 4.78 is 31.5. The Morgan fingerprint density at radius 3 is 2.71 bits per heavy atom. The van der Waals surface area contributed by atoms with Crippen LogP contribution in [0.25, 0.3) is 0 Å². The van der Waals surface area contributed by atoms with Gasteiger partial charge >= 0.3 is 0 Å². The number of carbonyl (C=O) groups excluding carboxylic acids is 1. The van der Waals surface area contributed by atoms with Crippen LogP contribution in [0, 0.1) is 0 Å². The highest BCUT2D eigenvalue weighted by Gasteiger charge is 2.28. The summed E-state index contributed by atoms with van der Waals surface area (Å²) in [5, 5.41) is 2.71. The number of sulfonamides is 1. The van der Waals surface area contributed by atoms with Gasteiger partial charge in [-0.05, 0) is 31.0 Å². The van der Waals surface area contributed by atoms with Gasteiger partial charge in [0, 0.05) is 31.0 Å². The van der Waals surface area contributed by atoms with E-state index in [0.29, 0.717) is 24.5 Å². The van der Waals surface area contributed by atoms with Crippen LogP contribution in [0.3, 0.4) is 0 Å². The highest BCUT2D eigenvalue weighted by Crippen LogP contribution is 2.22. The molecule has 1 aromatic carbocycles. The third-order valence-electron chi connectivity index (χ3n) is 3.93. The number of aromatic amines is 1. The topological polar surface area (TPSA) is 91.5 Å². The fourth-order valence-corrected chi connectivity index (χ4v) is 4.14. The van der Waals surface area contributed by atoms with E-state index in [1.165, 1.54) is 16.6 Å². The van der Waals surface area contributed by atoms with Crippen molar-refractivity contribution in [3.8, 4) is 5.75 Å². The first-order valence-electron chi connectivity index (χ1n) is 7.65. The van der Waals surface area contributed by atoms with Gasteiger partial charge in [-0.25, -0.2) is 8.42 Å². The Labute approximate surface area is 140 Å². The molecule has 0 spiro atoms. The molecule has 128 valence electrons. The van der Waals surface area contributed by atoms with Crippen molar-refractivity contribution in [2.45, 2.75) is 17.7 Å². The molecule has 0 radical (unpaired) electrons. The predicted octanol–water partition coefficient (Wildman–Crippen LogP) is 2.06. The first-order valence-corrected chi connectivity index (χ1v) is 9.09. The standard InChI is InChI=1S/C16H19N3O4S/c1-23-13-6-4-5-12(9-13)18-16(20)15-10-14(11-17-15)24(21,22)19-7-2-3-8-19/h4-6,9-11,17H,2-3,7-8H2,1H3,(H,18,20). The minimum Gasteiger partial charge on any atom is -0.497 e. The number of ether oxygens (including phenoxy) is 1. The lowest BCUT2D eigenvalue weighted by Crippen LogP contribution is -2.27. The number of hydrogen-bond donors (Lipinski definition) is 2. The van der Waals surface area contributed by atoms with Gasteiger partial charge in [-0.2, -0.15) is 4.31 Å². The molecule has 0 aliphatic carbocycles. The molecule has 1 amide bonds. The highest BCUT2D eigenvalue weighted by molar-refractivity contribution is 7.89. The van der Waals surface area contributed by atoms with Crippen molar-refractivity contribution in [1.82, 2.24) is 9.29 Å². The van der Waals surface area contributed by atoms with Crippen molar-refractivity contribution < 1.29 is 17.9 Å². The van der Waals surface area contributed by atoms with Gasteiger partial charge < -0.3 is 15.0 Å². The summed E-state index contributed by atoms with van der Waals surface area (Å²) in [4.78, 5) is 15.1. The molecular weight excluding hydrogens is 330 g/mol. The lowest BCUT2D eigenvalue weighted by molar-refractivity contribution is 0.102. The van der Waals surface area contributed by atoms with Crippen LogP contribution < -0.4 is 10.1 Å². The molecule has 1 saturated heterocycles. The number of carbonyl (C=O) groups is 1. The number of hydrogen-bond acceptors (Lipinski definition) is 4. The van der Waals surface area contributed by atoms with Gasteiger partial charge in [0.1, 0.15) is 16.3 Å². The smallest absolute Gasteiger partial charge is 0.272 e. The fourth-order valence-electron chi connectivity index (χ4n) is 2.63. The van der Waals surface area contributed by atoms with Gasteiger partial charge in [0.15, 0.2) is 0 Å². The first kappa shape index (κ1) is 16.5. The lowest BCUT2D eigenvalue weighted by Gasteiger charge is -2.13. The molecule has 2 heterocycles. The average Bonchev–Trinajstić information content (AvgIpc) is 3.27. The number of anilines is 1. The summed E-state index contributed by atoms with van der Waals surface area (Å²) in [6, 6.07) is 8.30. The van der Waals surface area contributed by atoms with Gasteiger partial charge in [-0.15, -0.1) is 0 Å². The highest BCUT2D eigenvalue weighted by atomic mass is 32.2. The van der Waals surface area contributed by atoms with Gasteiger partial charge in [0.2, 0.25) is 10.0 Å².